The molecule has 0 spiro atoms. The van der Waals surface area contributed by atoms with Crippen LogP contribution >= 0.6 is 0 Å². The number of furan rings is 1. The minimum Gasteiger partial charge on any atom is -0.480 e. The van der Waals surface area contributed by atoms with Crippen molar-refractivity contribution in [1.29, 1.82) is 0 Å². The fourth-order valence-corrected chi connectivity index (χ4v) is 1.36. The lowest BCUT2D eigenvalue weighted by molar-refractivity contribution is -0.166. The number of hydrogen-bond acceptors (Lipinski definition) is 4. The molecule has 0 saturated heterocycles. The number of carboxylic acids is 1. The molecule has 0 unspecified atom stereocenters. The Kier molecular flexibility index (Phi) is 5.56. The van der Waals surface area contributed by atoms with Gasteiger partial charge in [-0.05, 0) is 12.1 Å². The Morgan fingerprint density at radius 2 is 2.05 bits per heavy atom. The smallest absolute Gasteiger partial charge is 0.406 e. The fraction of sp³-hybridized carbons (Fsp3) is 0.455. The normalized spacial score (nSPS) is 11.3. The van der Waals surface area contributed by atoms with Crippen molar-refractivity contribution in [3.8, 4) is 0 Å². The first-order chi connectivity index (χ1) is 9.28. The highest BCUT2D eigenvalue weighted by Crippen LogP contribution is 2.18. The summed E-state index contributed by atoms with van der Waals surface area (Å²) in [6, 6.07) is 2.90. The van der Waals surface area contributed by atoms with E-state index in [1.807, 2.05) is 0 Å². The molecule has 0 aromatic carbocycles. The van der Waals surface area contributed by atoms with Crippen LogP contribution in [0, 0.1) is 0 Å². The number of hydrogen-bond donors (Lipinski definition) is 1. The van der Waals surface area contributed by atoms with Crippen molar-refractivity contribution in [1.82, 2.24) is 4.90 Å². The summed E-state index contributed by atoms with van der Waals surface area (Å²) >= 11 is 0. The van der Waals surface area contributed by atoms with Gasteiger partial charge in [-0.1, -0.05) is 0 Å². The third-order valence-electron chi connectivity index (χ3n) is 2.10. The molecule has 0 atom stereocenters. The van der Waals surface area contributed by atoms with E-state index in [1.54, 1.807) is 0 Å². The van der Waals surface area contributed by atoms with Gasteiger partial charge in [0.05, 0.1) is 12.8 Å². The molecule has 1 aromatic rings. The Bertz CT molecular complexity index is 443. The number of alkyl halides is 3. The molecule has 1 rings (SSSR count). The van der Waals surface area contributed by atoms with E-state index in [0.717, 1.165) is 0 Å². The van der Waals surface area contributed by atoms with Gasteiger partial charge in [0.1, 0.15) is 25.5 Å². The number of aliphatic carboxylic acids is 1. The zero-order valence-corrected chi connectivity index (χ0v) is 10.2. The first-order valence-electron chi connectivity index (χ1n) is 5.44. The van der Waals surface area contributed by atoms with E-state index in [4.69, 9.17) is 9.52 Å². The summed E-state index contributed by atoms with van der Waals surface area (Å²) in [5.74, 6) is -2.10. The standard InChI is InChI=1S/C11H12F3NO5/c12-11(13,14)7-15(4-8-2-1-3-20-8)9(16)5-19-6-10(17)18/h1-3H,4-7H2,(H,17,18). The highest BCUT2D eigenvalue weighted by molar-refractivity contribution is 5.78. The molecule has 0 aliphatic heterocycles. The number of carbonyl (C=O) groups excluding carboxylic acids is 1. The van der Waals surface area contributed by atoms with Crippen LogP contribution in [0.2, 0.25) is 0 Å². The van der Waals surface area contributed by atoms with Crippen LogP contribution in [0.5, 0.6) is 0 Å². The van der Waals surface area contributed by atoms with Crippen molar-refractivity contribution in [2.75, 3.05) is 19.8 Å². The molecule has 0 fully saturated rings. The average molecular weight is 295 g/mol. The van der Waals surface area contributed by atoms with Crippen molar-refractivity contribution in [2.24, 2.45) is 0 Å². The fourth-order valence-electron chi connectivity index (χ4n) is 1.36. The maximum Gasteiger partial charge on any atom is 0.406 e. The number of carboxylic acid groups (broad SMARTS) is 1. The van der Waals surface area contributed by atoms with E-state index in [2.05, 4.69) is 4.74 Å². The largest absolute Gasteiger partial charge is 0.480 e. The van der Waals surface area contributed by atoms with Crippen LogP contribution in [0.15, 0.2) is 22.8 Å². The van der Waals surface area contributed by atoms with E-state index >= 15 is 0 Å². The van der Waals surface area contributed by atoms with Gasteiger partial charge in [0.2, 0.25) is 5.91 Å². The second-order valence-electron chi connectivity index (χ2n) is 3.83. The van der Waals surface area contributed by atoms with Gasteiger partial charge >= 0.3 is 12.1 Å². The van der Waals surface area contributed by atoms with Gasteiger partial charge in [-0.3, -0.25) is 4.79 Å². The second-order valence-corrected chi connectivity index (χ2v) is 3.83. The summed E-state index contributed by atoms with van der Waals surface area (Å²) in [6.07, 6.45) is -3.30. The van der Waals surface area contributed by atoms with Crippen LogP contribution in [-0.4, -0.2) is 47.8 Å². The van der Waals surface area contributed by atoms with Crippen molar-refractivity contribution >= 4 is 11.9 Å². The predicted octanol–water partition coefficient (Wildman–Crippen LogP) is 1.27. The molecule has 0 aliphatic rings. The Morgan fingerprint density at radius 3 is 2.55 bits per heavy atom. The highest BCUT2D eigenvalue weighted by Gasteiger charge is 2.33. The number of nitrogens with zero attached hydrogens (tertiary/aromatic N) is 1. The van der Waals surface area contributed by atoms with Gasteiger partial charge in [0, 0.05) is 0 Å². The number of ether oxygens (including phenoxy) is 1. The van der Waals surface area contributed by atoms with Crippen LogP contribution in [0.25, 0.3) is 0 Å². The molecule has 6 nitrogen and oxygen atoms in total. The molecular weight excluding hydrogens is 283 g/mol. The average Bonchev–Trinajstić information content (AvgIpc) is 2.78. The molecule has 0 aliphatic carbocycles. The Balaban J connectivity index is 2.61. The van der Waals surface area contributed by atoms with E-state index < -0.39 is 37.8 Å². The van der Waals surface area contributed by atoms with Crippen molar-refractivity contribution in [3.05, 3.63) is 24.2 Å². The third-order valence-corrected chi connectivity index (χ3v) is 2.10. The van der Waals surface area contributed by atoms with Gasteiger partial charge in [-0.2, -0.15) is 13.2 Å². The van der Waals surface area contributed by atoms with Crippen LogP contribution in [0.3, 0.4) is 0 Å². The van der Waals surface area contributed by atoms with E-state index in [-0.39, 0.29) is 12.3 Å². The van der Waals surface area contributed by atoms with Crippen LogP contribution in [0.1, 0.15) is 5.76 Å². The van der Waals surface area contributed by atoms with Gasteiger partial charge in [0.25, 0.3) is 0 Å². The third kappa shape index (κ3) is 6.23. The molecule has 1 heterocycles. The lowest BCUT2D eigenvalue weighted by Gasteiger charge is -2.22. The molecule has 1 N–H and O–H groups in total. The zero-order valence-electron chi connectivity index (χ0n) is 10.2. The predicted molar refractivity (Wildman–Crippen MR) is 58.6 cm³/mol. The van der Waals surface area contributed by atoms with E-state index in [0.29, 0.717) is 4.90 Å². The summed E-state index contributed by atoms with van der Waals surface area (Å²) in [5.41, 5.74) is 0. The molecule has 1 aromatic heterocycles. The number of rotatable bonds is 7. The summed E-state index contributed by atoms with van der Waals surface area (Å²) in [7, 11) is 0. The Hall–Kier alpha value is -2.03. The minimum absolute atomic E-state index is 0.181. The summed E-state index contributed by atoms with van der Waals surface area (Å²) in [5, 5.41) is 8.31. The molecule has 0 saturated carbocycles. The quantitative estimate of drug-likeness (QED) is 0.819. The minimum atomic E-state index is -4.57. The highest BCUT2D eigenvalue weighted by atomic mass is 19.4. The molecule has 1 amide bonds. The van der Waals surface area contributed by atoms with Gasteiger partial charge in [0.15, 0.2) is 0 Å². The van der Waals surface area contributed by atoms with Crippen molar-refractivity contribution in [3.63, 3.8) is 0 Å². The Labute approximate surface area is 111 Å². The topological polar surface area (TPSA) is 80.0 Å². The second kappa shape index (κ2) is 6.94. The van der Waals surface area contributed by atoms with Gasteiger partial charge in [-0.25, -0.2) is 4.79 Å². The lowest BCUT2D eigenvalue weighted by atomic mass is 10.3. The molecule has 20 heavy (non-hydrogen) atoms. The molecule has 0 radical (unpaired) electrons. The maximum absolute atomic E-state index is 12.4. The van der Waals surface area contributed by atoms with E-state index in [1.165, 1.54) is 18.4 Å². The van der Waals surface area contributed by atoms with Crippen molar-refractivity contribution in [2.45, 2.75) is 12.7 Å². The Morgan fingerprint density at radius 1 is 1.35 bits per heavy atom. The SMILES string of the molecule is O=C(O)COCC(=O)N(Cc1ccco1)CC(F)(F)F. The number of amides is 1. The summed E-state index contributed by atoms with van der Waals surface area (Å²) in [6.45, 7) is -3.35. The van der Waals surface area contributed by atoms with Crippen LogP contribution in [0.4, 0.5) is 13.2 Å². The van der Waals surface area contributed by atoms with E-state index in [9.17, 15) is 22.8 Å². The first-order valence-corrected chi connectivity index (χ1v) is 5.44. The summed E-state index contributed by atoms with van der Waals surface area (Å²) < 4.78 is 46.5. The monoisotopic (exact) mass is 295 g/mol. The number of halogens is 3. The van der Waals surface area contributed by atoms with Crippen LogP contribution < -0.4 is 0 Å². The first kappa shape index (κ1) is 16.0. The summed E-state index contributed by atoms with van der Waals surface area (Å²) in [4.78, 5) is 22.3. The molecule has 112 valence electrons. The van der Waals surface area contributed by atoms with Gasteiger partial charge < -0.3 is 19.2 Å². The van der Waals surface area contributed by atoms with Crippen molar-refractivity contribution < 1.29 is 37.0 Å². The van der Waals surface area contributed by atoms with Gasteiger partial charge in [-0.15, -0.1) is 0 Å². The van der Waals surface area contributed by atoms with Crippen LogP contribution in [-0.2, 0) is 20.9 Å². The zero-order chi connectivity index (χ0) is 15.2. The molecular formula is C11H12F3NO5. The molecule has 9 heteroatoms. The lowest BCUT2D eigenvalue weighted by Crippen LogP contribution is -2.40. The number of carbonyl (C=O) groups is 2. The maximum atomic E-state index is 12.4. The molecule has 0 bridgehead atoms.